The maximum absolute atomic E-state index is 4.95. The quantitative estimate of drug-likeness (QED) is 0.569. The summed E-state index contributed by atoms with van der Waals surface area (Å²) in [4.78, 5) is 0. The Morgan fingerprint density at radius 3 is 2.53 bits per heavy atom. The molecule has 4 saturated carbocycles. The third kappa shape index (κ3) is 1.86. The number of hydrogen-bond acceptors (Lipinski definition) is 1. The molecular weight excluding hydrogens is 248 g/mol. The summed E-state index contributed by atoms with van der Waals surface area (Å²) in [5.74, 6) is 5.45. The van der Waals surface area contributed by atoms with Crippen molar-refractivity contribution in [3.63, 3.8) is 0 Å². The van der Waals surface area contributed by atoms with Gasteiger partial charge in [0.15, 0.2) is 0 Å². The van der Waals surface area contributed by atoms with Crippen molar-refractivity contribution in [1.82, 2.24) is 0 Å². The van der Waals surface area contributed by atoms with Gasteiger partial charge < -0.3 is 0 Å². The van der Waals surface area contributed by atoms with Gasteiger partial charge in [-0.2, -0.15) is 12.6 Å². The Labute approximate surface area is 124 Å². The Balaban J connectivity index is 1.59. The molecule has 108 valence electrons. The molecule has 0 amide bonds. The number of rotatable bonds is 0. The maximum Gasteiger partial charge on any atom is 0.00735 e. The first-order chi connectivity index (χ1) is 9.20. The minimum atomic E-state index is 0.589. The summed E-state index contributed by atoms with van der Waals surface area (Å²) in [7, 11) is 0. The molecule has 4 aliphatic carbocycles. The van der Waals surface area contributed by atoms with Gasteiger partial charge in [-0.05, 0) is 80.0 Å². The number of fused-ring (bicyclic) bond motifs is 5. The van der Waals surface area contributed by atoms with E-state index in [1.54, 1.807) is 25.7 Å². The van der Waals surface area contributed by atoms with E-state index in [-0.39, 0.29) is 0 Å². The number of thiol groups is 1. The lowest BCUT2D eigenvalue weighted by Gasteiger charge is -2.55. The molecule has 0 aromatic carbocycles. The van der Waals surface area contributed by atoms with Gasteiger partial charge >= 0.3 is 0 Å². The predicted molar refractivity (Wildman–Crippen MR) is 84.5 cm³/mol. The summed E-state index contributed by atoms with van der Waals surface area (Å²) in [6.45, 7) is 2.57. The van der Waals surface area contributed by atoms with Gasteiger partial charge in [0, 0.05) is 5.25 Å². The molecule has 7 atom stereocenters. The molecule has 0 aromatic rings. The molecule has 4 aliphatic rings. The van der Waals surface area contributed by atoms with Crippen LogP contribution in [0, 0.1) is 35.0 Å². The lowest BCUT2D eigenvalue weighted by molar-refractivity contribution is -0.0477. The Kier molecular flexibility index (Phi) is 3.21. The molecule has 0 bridgehead atoms. The fourth-order valence-corrected chi connectivity index (χ4v) is 7.27. The van der Waals surface area contributed by atoms with Gasteiger partial charge in [0.05, 0.1) is 0 Å². The summed E-state index contributed by atoms with van der Waals surface area (Å²) in [6.07, 6.45) is 15.2. The van der Waals surface area contributed by atoms with E-state index >= 15 is 0 Å². The van der Waals surface area contributed by atoms with Crippen LogP contribution >= 0.6 is 12.6 Å². The summed E-state index contributed by atoms with van der Waals surface area (Å²) < 4.78 is 0. The van der Waals surface area contributed by atoms with Crippen LogP contribution in [-0.4, -0.2) is 5.25 Å². The van der Waals surface area contributed by atoms with Crippen LogP contribution < -0.4 is 0 Å². The molecule has 0 aliphatic heterocycles. The van der Waals surface area contributed by atoms with Crippen LogP contribution in [0.15, 0.2) is 0 Å². The van der Waals surface area contributed by atoms with E-state index in [0.29, 0.717) is 10.7 Å². The van der Waals surface area contributed by atoms with Crippen LogP contribution in [0.2, 0.25) is 0 Å². The third-order valence-corrected chi connectivity index (χ3v) is 8.68. The van der Waals surface area contributed by atoms with Crippen LogP contribution in [0.3, 0.4) is 0 Å². The highest BCUT2D eigenvalue weighted by molar-refractivity contribution is 7.81. The minimum absolute atomic E-state index is 0.589. The SMILES string of the molecule is CC12CCC3C4CCCCC4CCC3C1CCC2S. The van der Waals surface area contributed by atoms with Gasteiger partial charge in [-0.3, -0.25) is 0 Å². The molecule has 0 aromatic heterocycles. The highest BCUT2D eigenvalue weighted by Gasteiger charge is 2.55. The van der Waals surface area contributed by atoms with Gasteiger partial charge in [-0.1, -0.05) is 26.2 Å². The zero-order valence-corrected chi connectivity index (χ0v) is 13.4. The Hall–Kier alpha value is 0.350. The minimum Gasteiger partial charge on any atom is -0.175 e. The van der Waals surface area contributed by atoms with Crippen molar-refractivity contribution in [2.24, 2.45) is 35.0 Å². The fraction of sp³-hybridized carbons (Fsp3) is 1.00. The number of hydrogen-bond donors (Lipinski definition) is 1. The fourth-order valence-electron chi connectivity index (χ4n) is 6.80. The van der Waals surface area contributed by atoms with Crippen molar-refractivity contribution < 1.29 is 0 Å². The summed E-state index contributed by atoms with van der Waals surface area (Å²) in [5.41, 5.74) is 0.589. The van der Waals surface area contributed by atoms with E-state index in [9.17, 15) is 0 Å². The third-order valence-electron chi connectivity index (χ3n) is 7.83. The Morgan fingerprint density at radius 2 is 1.63 bits per heavy atom. The van der Waals surface area contributed by atoms with Gasteiger partial charge in [0.2, 0.25) is 0 Å². The monoisotopic (exact) mass is 278 g/mol. The molecule has 0 heterocycles. The molecule has 0 saturated heterocycles. The second kappa shape index (κ2) is 4.68. The van der Waals surface area contributed by atoms with Gasteiger partial charge in [0.25, 0.3) is 0 Å². The summed E-state index contributed by atoms with van der Waals surface area (Å²) in [6, 6.07) is 0. The molecule has 0 spiro atoms. The zero-order valence-electron chi connectivity index (χ0n) is 12.5. The first-order valence-corrected chi connectivity index (χ1v) is 9.40. The van der Waals surface area contributed by atoms with Crippen molar-refractivity contribution in [3.05, 3.63) is 0 Å². The topological polar surface area (TPSA) is 0 Å². The van der Waals surface area contributed by atoms with E-state index < -0.39 is 0 Å². The second-order valence-corrected chi connectivity index (χ2v) is 8.98. The van der Waals surface area contributed by atoms with Gasteiger partial charge in [0.1, 0.15) is 0 Å². The van der Waals surface area contributed by atoms with Crippen molar-refractivity contribution in [1.29, 1.82) is 0 Å². The molecule has 0 nitrogen and oxygen atoms in total. The Morgan fingerprint density at radius 1 is 0.789 bits per heavy atom. The smallest absolute Gasteiger partial charge is 0.00735 e. The summed E-state index contributed by atoms with van der Waals surface area (Å²) in [5, 5.41) is 0.697. The lowest BCUT2D eigenvalue weighted by atomic mass is 9.51. The molecule has 7 unspecified atom stereocenters. The standard InChI is InChI=1S/C18H30S/c1-18-11-10-14-13-5-3-2-4-12(13)6-7-15(14)16(18)8-9-17(18)19/h12-17,19H,2-11H2,1H3. The highest BCUT2D eigenvalue weighted by atomic mass is 32.1. The zero-order chi connectivity index (χ0) is 13.0. The first-order valence-electron chi connectivity index (χ1n) is 8.88. The normalized spacial score (nSPS) is 57.2. The maximum atomic E-state index is 4.95. The Bertz CT molecular complexity index is 352. The van der Waals surface area contributed by atoms with Crippen LogP contribution in [-0.2, 0) is 0 Å². The lowest BCUT2D eigenvalue weighted by Crippen LogP contribution is -2.48. The average molecular weight is 279 g/mol. The van der Waals surface area contributed by atoms with Crippen LogP contribution in [0.1, 0.15) is 71.1 Å². The average Bonchev–Trinajstić information content (AvgIpc) is 2.75. The second-order valence-electron chi connectivity index (χ2n) is 8.36. The van der Waals surface area contributed by atoms with Crippen molar-refractivity contribution in [2.75, 3.05) is 0 Å². The molecular formula is C18H30S. The van der Waals surface area contributed by atoms with E-state index in [1.807, 2.05) is 0 Å². The van der Waals surface area contributed by atoms with E-state index in [0.717, 1.165) is 29.6 Å². The van der Waals surface area contributed by atoms with E-state index in [1.165, 1.54) is 38.5 Å². The molecule has 0 N–H and O–H groups in total. The van der Waals surface area contributed by atoms with Crippen LogP contribution in [0.4, 0.5) is 0 Å². The highest BCUT2D eigenvalue weighted by Crippen LogP contribution is 2.63. The molecule has 19 heavy (non-hydrogen) atoms. The molecule has 1 heteroatoms. The molecule has 4 rings (SSSR count). The van der Waals surface area contributed by atoms with Crippen LogP contribution in [0.25, 0.3) is 0 Å². The van der Waals surface area contributed by atoms with Crippen molar-refractivity contribution >= 4 is 12.6 Å². The largest absolute Gasteiger partial charge is 0.175 e. The molecule has 0 radical (unpaired) electrons. The first kappa shape index (κ1) is 13.0. The molecule has 4 fully saturated rings. The van der Waals surface area contributed by atoms with Crippen molar-refractivity contribution in [3.8, 4) is 0 Å². The van der Waals surface area contributed by atoms with E-state index in [2.05, 4.69) is 6.92 Å². The van der Waals surface area contributed by atoms with Crippen molar-refractivity contribution in [2.45, 2.75) is 76.4 Å². The van der Waals surface area contributed by atoms with Gasteiger partial charge in [-0.15, -0.1) is 0 Å². The summed E-state index contributed by atoms with van der Waals surface area (Å²) >= 11 is 4.95. The predicted octanol–water partition coefficient (Wildman–Crippen LogP) is 5.33. The van der Waals surface area contributed by atoms with E-state index in [4.69, 9.17) is 12.6 Å². The van der Waals surface area contributed by atoms with Gasteiger partial charge in [-0.25, -0.2) is 0 Å². The van der Waals surface area contributed by atoms with Crippen LogP contribution in [0.5, 0.6) is 0 Å².